The molecule has 1 amide bonds. The quantitative estimate of drug-likeness (QED) is 0.759. The van der Waals surface area contributed by atoms with Gasteiger partial charge >= 0.3 is 5.97 Å². The van der Waals surface area contributed by atoms with E-state index < -0.39 is 5.60 Å². The second-order valence-corrected chi connectivity index (χ2v) is 7.95. The number of nitrogens with zero attached hydrogens (tertiary/aromatic N) is 1. The number of halogens is 1. The maximum atomic E-state index is 13.1. The van der Waals surface area contributed by atoms with E-state index in [0.29, 0.717) is 18.8 Å². The minimum atomic E-state index is -0.562. The summed E-state index contributed by atoms with van der Waals surface area (Å²) in [5, 5.41) is 0. The molecule has 5 nitrogen and oxygen atoms in total. The zero-order valence-electron chi connectivity index (χ0n) is 15.5. The number of piperidine rings is 1. The van der Waals surface area contributed by atoms with Crippen LogP contribution in [0.2, 0.25) is 0 Å². The molecule has 0 aromatic heterocycles. The van der Waals surface area contributed by atoms with Crippen molar-refractivity contribution < 1.29 is 23.5 Å². The first kappa shape index (κ1) is 18.3. The van der Waals surface area contributed by atoms with E-state index in [1.165, 1.54) is 12.1 Å². The van der Waals surface area contributed by atoms with Gasteiger partial charge in [0.2, 0.25) is 5.91 Å². The summed E-state index contributed by atoms with van der Waals surface area (Å²) in [4.78, 5) is 27.0. The van der Waals surface area contributed by atoms with Gasteiger partial charge in [-0.15, -0.1) is 0 Å². The van der Waals surface area contributed by atoms with E-state index in [0.717, 1.165) is 44.9 Å². The molecule has 3 fully saturated rings. The normalized spacial score (nSPS) is 25.4. The predicted molar refractivity (Wildman–Crippen MR) is 96.6 cm³/mol. The highest BCUT2D eigenvalue weighted by atomic mass is 19.1. The van der Waals surface area contributed by atoms with Gasteiger partial charge < -0.3 is 14.4 Å². The predicted octanol–water partition coefficient (Wildman–Crippen LogP) is 3.46. The molecule has 6 heteroatoms. The fourth-order valence-corrected chi connectivity index (χ4v) is 4.73. The van der Waals surface area contributed by atoms with Crippen molar-refractivity contribution in [3.63, 3.8) is 0 Å². The number of amides is 1. The molecule has 146 valence electrons. The molecule has 2 saturated heterocycles. The summed E-state index contributed by atoms with van der Waals surface area (Å²) in [6.07, 6.45) is 6.49. The summed E-state index contributed by atoms with van der Waals surface area (Å²) in [6.45, 7) is 1.23. The maximum absolute atomic E-state index is 13.1. The lowest BCUT2D eigenvalue weighted by atomic mass is 9.75. The van der Waals surface area contributed by atoms with E-state index in [9.17, 15) is 14.0 Å². The van der Waals surface area contributed by atoms with Gasteiger partial charge in [-0.05, 0) is 49.9 Å². The van der Waals surface area contributed by atoms with Gasteiger partial charge in [0.25, 0.3) is 0 Å². The van der Waals surface area contributed by atoms with Crippen LogP contribution in [-0.4, -0.2) is 41.6 Å². The Morgan fingerprint density at radius 2 is 1.78 bits per heavy atom. The molecule has 1 atom stereocenters. The molecule has 0 radical (unpaired) electrons. The molecule has 1 aromatic rings. The van der Waals surface area contributed by atoms with Crippen LogP contribution in [0.1, 0.15) is 51.4 Å². The summed E-state index contributed by atoms with van der Waals surface area (Å²) in [5.74, 6) is -0.141. The lowest BCUT2D eigenvalue weighted by Gasteiger charge is -2.39. The SMILES string of the molecule is O=C1CC(C(=O)N2CCC(Oc3ccc(F)cc3)CC2)C2(CCCCC2)O1. The van der Waals surface area contributed by atoms with Crippen molar-refractivity contribution in [1.29, 1.82) is 0 Å². The molecule has 1 aliphatic carbocycles. The van der Waals surface area contributed by atoms with Gasteiger partial charge in [0.1, 0.15) is 23.3 Å². The van der Waals surface area contributed by atoms with E-state index in [1.54, 1.807) is 12.1 Å². The van der Waals surface area contributed by atoms with Gasteiger partial charge in [-0.1, -0.05) is 6.42 Å². The topological polar surface area (TPSA) is 55.8 Å². The van der Waals surface area contributed by atoms with Crippen molar-refractivity contribution in [2.24, 2.45) is 5.92 Å². The molecule has 1 unspecified atom stereocenters. The highest BCUT2D eigenvalue weighted by Gasteiger charge is 2.53. The molecule has 4 rings (SSSR count). The number of rotatable bonds is 3. The Labute approximate surface area is 158 Å². The summed E-state index contributed by atoms with van der Waals surface area (Å²) >= 11 is 0. The van der Waals surface area contributed by atoms with Crippen molar-refractivity contribution in [1.82, 2.24) is 4.90 Å². The Hall–Kier alpha value is -2.11. The molecule has 0 bridgehead atoms. The highest BCUT2D eigenvalue weighted by molar-refractivity contribution is 5.88. The largest absolute Gasteiger partial charge is 0.490 e. The number of ether oxygens (including phenoxy) is 2. The lowest BCUT2D eigenvalue weighted by Crippen LogP contribution is -2.50. The monoisotopic (exact) mass is 375 g/mol. The molecule has 2 aliphatic heterocycles. The molecule has 1 spiro atoms. The lowest BCUT2D eigenvalue weighted by molar-refractivity contribution is -0.156. The second kappa shape index (κ2) is 7.49. The number of hydrogen-bond donors (Lipinski definition) is 0. The summed E-state index contributed by atoms with van der Waals surface area (Å²) < 4.78 is 24.6. The molecule has 1 aromatic carbocycles. The third-order valence-corrected chi connectivity index (χ3v) is 6.19. The molecule has 27 heavy (non-hydrogen) atoms. The van der Waals surface area contributed by atoms with E-state index in [1.807, 2.05) is 4.90 Å². The van der Waals surface area contributed by atoms with Gasteiger partial charge in [0.05, 0.1) is 12.3 Å². The van der Waals surface area contributed by atoms with Crippen LogP contribution in [-0.2, 0) is 14.3 Å². The zero-order chi connectivity index (χ0) is 18.9. The average molecular weight is 375 g/mol. The third-order valence-electron chi connectivity index (χ3n) is 6.19. The van der Waals surface area contributed by atoms with Crippen LogP contribution in [0.5, 0.6) is 5.75 Å². The zero-order valence-corrected chi connectivity index (χ0v) is 15.5. The van der Waals surface area contributed by atoms with Gasteiger partial charge in [-0.2, -0.15) is 0 Å². The van der Waals surface area contributed by atoms with Crippen molar-refractivity contribution in [2.45, 2.75) is 63.1 Å². The van der Waals surface area contributed by atoms with E-state index >= 15 is 0 Å². The average Bonchev–Trinajstić information content (AvgIpc) is 2.99. The number of hydrogen-bond acceptors (Lipinski definition) is 4. The number of benzene rings is 1. The minimum absolute atomic E-state index is 0.0182. The first-order valence-electron chi connectivity index (χ1n) is 9.99. The number of likely N-dealkylation sites (tertiary alicyclic amines) is 1. The van der Waals surface area contributed by atoms with Crippen LogP contribution in [0.4, 0.5) is 4.39 Å². The summed E-state index contributed by atoms with van der Waals surface area (Å²) in [5.41, 5.74) is -0.562. The van der Waals surface area contributed by atoms with Crippen molar-refractivity contribution in [2.75, 3.05) is 13.1 Å². The molecule has 0 N–H and O–H groups in total. The van der Waals surface area contributed by atoms with E-state index in [4.69, 9.17) is 9.47 Å². The molecular weight excluding hydrogens is 349 g/mol. The van der Waals surface area contributed by atoms with Crippen molar-refractivity contribution in [3.8, 4) is 5.75 Å². The van der Waals surface area contributed by atoms with E-state index in [2.05, 4.69) is 0 Å². The van der Waals surface area contributed by atoms with Crippen LogP contribution in [0, 0.1) is 11.7 Å². The first-order chi connectivity index (χ1) is 13.1. The van der Waals surface area contributed by atoms with Gasteiger partial charge in [0.15, 0.2) is 0 Å². The van der Waals surface area contributed by atoms with Gasteiger partial charge in [-0.3, -0.25) is 9.59 Å². The fraction of sp³-hybridized carbons (Fsp3) is 0.619. The standard InChI is InChI=1S/C21H26FNO4/c22-15-4-6-16(7-5-15)26-17-8-12-23(13-9-17)20(25)18-14-19(24)27-21(18)10-2-1-3-11-21/h4-7,17-18H,1-3,8-14H2. The Bertz CT molecular complexity index is 691. The van der Waals surface area contributed by atoms with Crippen LogP contribution < -0.4 is 4.74 Å². The van der Waals surface area contributed by atoms with Crippen LogP contribution >= 0.6 is 0 Å². The maximum Gasteiger partial charge on any atom is 0.307 e. The van der Waals surface area contributed by atoms with E-state index in [-0.39, 0.29) is 36.1 Å². The van der Waals surface area contributed by atoms with Crippen LogP contribution in [0.15, 0.2) is 24.3 Å². The number of esters is 1. The van der Waals surface area contributed by atoms with Gasteiger partial charge in [0, 0.05) is 25.9 Å². The fourth-order valence-electron chi connectivity index (χ4n) is 4.73. The Kier molecular flexibility index (Phi) is 5.06. The Balaban J connectivity index is 1.35. The summed E-state index contributed by atoms with van der Waals surface area (Å²) in [6, 6.07) is 6.02. The Morgan fingerprint density at radius 1 is 1.11 bits per heavy atom. The number of carbonyl (C=O) groups excluding carboxylic acids is 2. The van der Waals surface area contributed by atoms with Crippen molar-refractivity contribution >= 4 is 11.9 Å². The molecule has 1 saturated carbocycles. The molecule has 2 heterocycles. The first-order valence-corrected chi connectivity index (χ1v) is 9.99. The Morgan fingerprint density at radius 3 is 2.44 bits per heavy atom. The van der Waals surface area contributed by atoms with Crippen LogP contribution in [0.3, 0.4) is 0 Å². The van der Waals surface area contributed by atoms with Gasteiger partial charge in [-0.25, -0.2) is 4.39 Å². The second-order valence-electron chi connectivity index (χ2n) is 7.95. The molecular formula is C21H26FNO4. The minimum Gasteiger partial charge on any atom is -0.490 e. The van der Waals surface area contributed by atoms with Crippen LogP contribution in [0.25, 0.3) is 0 Å². The smallest absolute Gasteiger partial charge is 0.307 e. The third kappa shape index (κ3) is 3.80. The molecule has 3 aliphatic rings. The van der Waals surface area contributed by atoms with Crippen molar-refractivity contribution in [3.05, 3.63) is 30.1 Å². The summed E-state index contributed by atoms with van der Waals surface area (Å²) in [7, 11) is 0. The highest BCUT2D eigenvalue weighted by Crippen LogP contribution is 2.45. The number of carbonyl (C=O) groups is 2.